The van der Waals surface area contributed by atoms with E-state index in [-0.39, 0.29) is 5.78 Å². The van der Waals surface area contributed by atoms with Crippen molar-refractivity contribution in [3.63, 3.8) is 0 Å². The van der Waals surface area contributed by atoms with Crippen molar-refractivity contribution in [2.75, 3.05) is 24.6 Å². The average Bonchev–Trinajstić information content (AvgIpc) is 2.39. The highest BCUT2D eigenvalue weighted by atomic mass is 16.5. The van der Waals surface area contributed by atoms with Crippen molar-refractivity contribution in [2.45, 2.75) is 13.0 Å². The van der Waals surface area contributed by atoms with Gasteiger partial charge in [-0.25, -0.2) is 0 Å². The number of hydrogen-bond acceptors (Lipinski definition) is 4. The van der Waals surface area contributed by atoms with Crippen LogP contribution in [0.4, 0.5) is 5.69 Å². The normalized spacial score (nSPS) is 19.8. The summed E-state index contributed by atoms with van der Waals surface area (Å²) in [7, 11) is 0. The highest BCUT2D eigenvalue weighted by Gasteiger charge is 2.22. The van der Waals surface area contributed by atoms with Crippen molar-refractivity contribution in [3.8, 4) is 6.07 Å². The molecular weight excluding hydrogens is 216 g/mol. The topological polar surface area (TPSA) is 53.3 Å². The van der Waals surface area contributed by atoms with E-state index in [0.29, 0.717) is 25.3 Å². The number of nitrogens with zero attached hydrogens (tertiary/aromatic N) is 2. The van der Waals surface area contributed by atoms with Crippen LogP contribution >= 0.6 is 0 Å². The van der Waals surface area contributed by atoms with Crippen LogP contribution in [-0.4, -0.2) is 31.6 Å². The van der Waals surface area contributed by atoms with Crippen LogP contribution in [0.1, 0.15) is 17.3 Å². The van der Waals surface area contributed by atoms with Gasteiger partial charge in [0.25, 0.3) is 0 Å². The van der Waals surface area contributed by atoms with E-state index in [1.807, 2.05) is 29.2 Å². The lowest BCUT2D eigenvalue weighted by Gasteiger charge is -2.32. The quantitative estimate of drug-likeness (QED) is 0.724. The molecule has 4 nitrogen and oxygen atoms in total. The minimum Gasteiger partial charge on any atom is -0.365 e. The summed E-state index contributed by atoms with van der Waals surface area (Å²) in [4.78, 5) is 13.6. The fraction of sp³-hybridized carbons (Fsp3) is 0.385. The van der Waals surface area contributed by atoms with E-state index in [9.17, 15) is 4.79 Å². The second-order valence-corrected chi connectivity index (χ2v) is 4.01. The van der Waals surface area contributed by atoms with Gasteiger partial charge in [0.1, 0.15) is 0 Å². The predicted octanol–water partition coefficient (Wildman–Crippen LogP) is 1.62. The minimum atomic E-state index is -0.413. The molecule has 1 aliphatic rings. The van der Waals surface area contributed by atoms with E-state index in [2.05, 4.69) is 6.07 Å². The predicted molar refractivity (Wildman–Crippen MR) is 64.0 cm³/mol. The number of ether oxygens (including phenoxy) is 1. The number of ketones is 1. The number of hydrogen-bond donors (Lipinski definition) is 0. The molecule has 0 amide bonds. The fourth-order valence-electron chi connectivity index (χ4n) is 1.99. The van der Waals surface area contributed by atoms with Crippen molar-refractivity contribution < 1.29 is 9.53 Å². The second-order valence-electron chi connectivity index (χ2n) is 4.01. The molecule has 1 fully saturated rings. The van der Waals surface area contributed by atoms with Crippen molar-refractivity contribution >= 4 is 11.5 Å². The molecule has 1 aromatic rings. The van der Waals surface area contributed by atoms with Gasteiger partial charge in [-0.1, -0.05) is 12.1 Å². The van der Waals surface area contributed by atoms with Crippen LogP contribution in [0.5, 0.6) is 0 Å². The number of anilines is 1. The minimum absolute atomic E-state index is 0.0422. The van der Waals surface area contributed by atoms with E-state index < -0.39 is 6.10 Å². The monoisotopic (exact) mass is 230 g/mol. The Labute approximate surface area is 100 Å². The summed E-state index contributed by atoms with van der Waals surface area (Å²) in [6.45, 7) is 3.30. The molecule has 0 bridgehead atoms. The third kappa shape index (κ3) is 2.45. The molecule has 1 aliphatic heterocycles. The van der Waals surface area contributed by atoms with Gasteiger partial charge in [-0.3, -0.25) is 4.79 Å². The van der Waals surface area contributed by atoms with Crippen LogP contribution in [0.3, 0.4) is 0 Å². The summed E-state index contributed by atoms with van der Waals surface area (Å²) >= 11 is 0. The molecule has 0 N–H and O–H groups in total. The number of benzene rings is 1. The van der Waals surface area contributed by atoms with Crippen molar-refractivity contribution in [2.24, 2.45) is 0 Å². The molecule has 0 spiro atoms. The van der Waals surface area contributed by atoms with Gasteiger partial charge in [0, 0.05) is 17.8 Å². The van der Waals surface area contributed by atoms with Crippen LogP contribution in [0.25, 0.3) is 0 Å². The summed E-state index contributed by atoms with van der Waals surface area (Å²) in [6, 6.07) is 9.58. The molecule has 0 aromatic heterocycles. The highest BCUT2D eigenvalue weighted by molar-refractivity contribution is 5.99. The summed E-state index contributed by atoms with van der Waals surface area (Å²) in [6.07, 6.45) is -0.413. The third-order valence-electron chi connectivity index (χ3n) is 2.83. The van der Waals surface area contributed by atoms with Crippen LogP contribution in [-0.2, 0) is 4.74 Å². The highest BCUT2D eigenvalue weighted by Crippen LogP contribution is 2.22. The Hall–Kier alpha value is -1.86. The molecule has 0 aliphatic carbocycles. The third-order valence-corrected chi connectivity index (χ3v) is 2.83. The average molecular weight is 230 g/mol. The lowest BCUT2D eigenvalue weighted by molar-refractivity contribution is 0.0762. The van der Waals surface area contributed by atoms with Crippen LogP contribution in [0.15, 0.2) is 24.3 Å². The molecular formula is C13H14N2O2. The summed E-state index contributed by atoms with van der Waals surface area (Å²) in [5.74, 6) is 0.0422. The van der Waals surface area contributed by atoms with Gasteiger partial charge in [-0.05, 0) is 19.1 Å². The summed E-state index contributed by atoms with van der Waals surface area (Å²) in [5, 5.41) is 8.87. The molecule has 2 rings (SSSR count). The molecule has 88 valence electrons. The van der Waals surface area contributed by atoms with Crippen molar-refractivity contribution in [1.29, 1.82) is 5.26 Å². The lowest BCUT2D eigenvalue weighted by Crippen LogP contribution is -2.42. The van der Waals surface area contributed by atoms with Crippen LogP contribution in [0.2, 0.25) is 0 Å². The first kappa shape index (κ1) is 11.6. The zero-order valence-electron chi connectivity index (χ0n) is 9.72. The van der Waals surface area contributed by atoms with E-state index in [4.69, 9.17) is 10.00 Å². The van der Waals surface area contributed by atoms with E-state index >= 15 is 0 Å². The molecule has 0 saturated carbocycles. The fourth-order valence-corrected chi connectivity index (χ4v) is 1.99. The first-order chi connectivity index (χ1) is 8.22. The number of rotatable bonds is 2. The Morgan fingerprint density at radius 2 is 2.29 bits per heavy atom. The van der Waals surface area contributed by atoms with E-state index in [1.54, 1.807) is 6.92 Å². The summed E-state index contributed by atoms with van der Waals surface area (Å²) in [5.41, 5.74) is 1.59. The maximum absolute atomic E-state index is 11.5. The van der Waals surface area contributed by atoms with Gasteiger partial charge < -0.3 is 9.64 Å². The summed E-state index contributed by atoms with van der Waals surface area (Å²) < 4.78 is 5.29. The molecule has 1 saturated heterocycles. The largest absolute Gasteiger partial charge is 0.365 e. The van der Waals surface area contributed by atoms with E-state index in [0.717, 1.165) is 5.69 Å². The number of carbonyl (C=O) groups is 1. The van der Waals surface area contributed by atoms with Gasteiger partial charge in [-0.15, -0.1) is 0 Å². The van der Waals surface area contributed by atoms with Crippen molar-refractivity contribution in [1.82, 2.24) is 0 Å². The van der Waals surface area contributed by atoms with Gasteiger partial charge in [0.05, 0.1) is 19.2 Å². The first-order valence-electron chi connectivity index (χ1n) is 5.58. The maximum atomic E-state index is 11.5. The molecule has 1 atom stereocenters. The number of carbonyl (C=O) groups excluding carboxylic acids is 1. The van der Waals surface area contributed by atoms with Crippen molar-refractivity contribution in [3.05, 3.63) is 29.8 Å². The molecule has 1 aromatic carbocycles. The molecule has 17 heavy (non-hydrogen) atoms. The van der Waals surface area contributed by atoms with Crippen LogP contribution < -0.4 is 4.90 Å². The van der Waals surface area contributed by atoms with Gasteiger partial charge >= 0.3 is 0 Å². The number of para-hydroxylation sites is 1. The number of morpholine rings is 1. The Bertz CT molecular complexity index is 465. The number of Topliss-reactive ketones (excluding diaryl/α,β-unsaturated/α-hetero) is 1. The zero-order chi connectivity index (χ0) is 12.3. The van der Waals surface area contributed by atoms with Gasteiger partial charge in [0.2, 0.25) is 0 Å². The van der Waals surface area contributed by atoms with Gasteiger partial charge in [-0.2, -0.15) is 5.26 Å². The standard InChI is InChI=1S/C13H14N2O2/c1-10(16)12-4-2-3-5-13(12)15-6-7-17-11(8-14)9-15/h2-5,11H,6-7,9H2,1H3. The Kier molecular flexibility index (Phi) is 3.40. The molecule has 1 unspecified atom stereocenters. The zero-order valence-corrected chi connectivity index (χ0v) is 9.72. The second kappa shape index (κ2) is 4.98. The SMILES string of the molecule is CC(=O)c1ccccc1N1CCOC(C#N)C1. The Morgan fingerprint density at radius 1 is 1.53 bits per heavy atom. The maximum Gasteiger partial charge on any atom is 0.161 e. The molecule has 4 heteroatoms. The lowest BCUT2D eigenvalue weighted by atomic mass is 10.1. The smallest absolute Gasteiger partial charge is 0.161 e. The van der Waals surface area contributed by atoms with Crippen LogP contribution in [0, 0.1) is 11.3 Å². The Morgan fingerprint density at radius 3 is 3.00 bits per heavy atom. The van der Waals surface area contributed by atoms with E-state index in [1.165, 1.54) is 0 Å². The van der Waals surface area contributed by atoms with Gasteiger partial charge in [0.15, 0.2) is 11.9 Å². The first-order valence-corrected chi connectivity index (χ1v) is 5.58. The Balaban J connectivity index is 2.28. The number of nitriles is 1. The molecule has 1 heterocycles. The molecule has 0 radical (unpaired) electrons.